The van der Waals surface area contributed by atoms with E-state index in [0.29, 0.717) is 28.5 Å². The van der Waals surface area contributed by atoms with Gasteiger partial charge in [-0.05, 0) is 43.7 Å². The van der Waals surface area contributed by atoms with Crippen LogP contribution in [0.15, 0.2) is 26.4 Å². The predicted molar refractivity (Wildman–Crippen MR) is 109 cm³/mol. The van der Waals surface area contributed by atoms with Gasteiger partial charge in [0.1, 0.15) is 22.2 Å². The standard InChI is InChI=1S/C19H19N5O2S2/c1-9-3-4-12-13(7-9)28-18-15(12)16(20)21-14(22-18)8-27-19-24-23-17(26-19)11-5-6-25-10(11)2/h5-6,9H,3-4,7-8H2,1-2H3,(H2,20,21,22). The van der Waals surface area contributed by atoms with Crippen molar-refractivity contribution in [1.29, 1.82) is 0 Å². The number of rotatable bonds is 4. The summed E-state index contributed by atoms with van der Waals surface area (Å²) in [5, 5.41) is 9.71. The first-order chi connectivity index (χ1) is 13.6. The zero-order valence-electron chi connectivity index (χ0n) is 15.6. The quantitative estimate of drug-likeness (QED) is 0.482. The van der Waals surface area contributed by atoms with Gasteiger partial charge in [-0.2, -0.15) is 0 Å². The average Bonchev–Trinajstić information content (AvgIpc) is 3.37. The van der Waals surface area contributed by atoms with Crippen LogP contribution in [0.2, 0.25) is 0 Å². The Hall–Kier alpha value is -2.39. The van der Waals surface area contributed by atoms with E-state index < -0.39 is 0 Å². The van der Waals surface area contributed by atoms with Crippen LogP contribution in [0.25, 0.3) is 21.7 Å². The molecule has 28 heavy (non-hydrogen) atoms. The van der Waals surface area contributed by atoms with Crippen molar-refractivity contribution in [2.75, 3.05) is 5.73 Å². The van der Waals surface area contributed by atoms with E-state index in [1.54, 1.807) is 17.6 Å². The maximum atomic E-state index is 6.30. The number of nitrogen functional groups attached to an aromatic ring is 1. The highest BCUT2D eigenvalue weighted by molar-refractivity contribution is 7.98. The Bertz CT molecular complexity index is 1160. The molecule has 0 saturated carbocycles. The predicted octanol–water partition coefficient (Wildman–Crippen LogP) is 4.64. The molecule has 5 rings (SSSR count). The number of aryl methyl sites for hydroxylation is 2. The van der Waals surface area contributed by atoms with Crippen LogP contribution in [0.5, 0.6) is 0 Å². The van der Waals surface area contributed by atoms with Crippen LogP contribution in [0.4, 0.5) is 5.82 Å². The minimum atomic E-state index is 0.449. The van der Waals surface area contributed by atoms with Gasteiger partial charge < -0.3 is 14.6 Å². The third kappa shape index (κ3) is 3.08. The number of fused-ring (bicyclic) bond motifs is 3. The number of aromatic nitrogens is 4. The van der Waals surface area contributed by atoms with Crippen molar-refractivity contribution < 1.29 is 8.83 Å². The molecule has 2 N–H and O–H groups in total. The molecule has 1 unspecified atom stereocenters. The number of thiophene rings is 1. The van der Waals surface area contributed by atoms with E-state index in [9.17, 15) is 0 Å². The van der Waals surface area contributed by atoms with E-state index in [0.717, 1.165) is 40.3 Å². The average molecular weight is 414 g/mol. The number of hydrogen-bond donors (Lipinski definition) is 1. The van der Waals surface area contributed by atoms with Crippen molar-refractivity contribution in [3.8, 4) is 11.5 Å². The van der Waals surface area contributed by atoms with Crippen molar-refractivity contribution in [1.82, 2.24) is 20.2 Å². The van der Waals surface area contributed by atoms with Crippen LogP contribution in [-0.2, 0) is 18.6 Å². The summed E-state index contributed by atoms with van der Waals surface area (Å²) < 4.78 is 11.0. The molecule has 0 amide bonds. The van der Waals surface area contributed by atoms with Crippen LogP contribution in [0.1, 0.15) is 35.4 Å². The number of nitrogens with zero attached hydrogens (tertiary/aromatic N) is 4. The third-order valence-corrected chi connectivity index (χ3v) is 7.01. The molecule has 0 aliphatic heterocycles. The molecule has 0 aromatic carbocycles. The van der Waals surface area contributed by atoms with E-state index >= 15 is 0 Å². The van der Waals surface area contributed by atoms with Crippen LogP contribution in [-0.4, -0.2) is 20.2 Å². The Morgan fingerprint density at radius 3 is 3.04 bits per heavy atom. The fourth-order valence-corrected chi connectivity index (χ4v) is 5.62. The molecular formula is C19H19N5O2S2. The first-order valence-electron chi connectivity index (χ1n) is 9.16. The Morgan fingerprint density at radius 2 is 2.21 bits per heavy atom. The van der Waals surface area contributed by atoms with E-state index in [-0.39, 0.29) is 0 Å². The minimum absolute atomic E-state index is 0.449. The van der Waals surface area contributed by atoms with E-state index in [2.05, 4.69) is 22.1 Å². The second-order valence-electron chi connectivity index (χ2n) is 7.11. The van der Waals surface area contributed by atoms with Gasteiger partial charge in [0.15, 0.2) is 0 Å². The lowest BCUT2D eigenvalue weighted by Crippen LogP contribution is -2.09. The van der Waals surface area contributed by atoms with E-state index in [1.807, 2.05) is 13.0 Å². The van der Waals surface area contributed by atoms with Gasteiger partial charge >= 0.3 is 0 Å². The molecule has 1 aliphatic carbocycles. The summed E-state index contributed by atoms with van der Waals surface area (Å²) in [5.41, 5.74) is 8.46. The SMILES string of the molecule is Cc1occc1-c1nnc(SCc2nc(N)c3c4c(sc3n2)CC(C)CC4)o1. The molecule has 7 nitrogen and oxygen atoms in total. The molecule has 4 heterocycles. The summed E-state index contributed by atoms with van der Waals surface area (Å²) in [4.78, 5) is 11.7. The van der Waals surface area contributed by atoms with Crippen LogP contribution in [0.3, 0.4) is 0 Å². The topological polar surface area (TPSA) is 104 Å². The minimum Gasteiger partial charge on any atom is -0.469 e. The van der Waals surface area contributed by atoms with Gasteiger partial charge in [-0.25, -0.2) is 9.97 Å². The number of anilines is 1. The summed E-state index contributed by atoms with van der Waals surface area (Å²) in [7, 11) is 0. The molecule has 1 atom stereocenters. The molecule has 0 radical (unpaired) electrons. The van der Waals surface area contributed by atoms with Gasteiger partial charge in [0.2, 0.25) is 0 Å². The Labute approximate surface area is 169 Å². The molecule has 4 aromatic heterocycles. The van der Waals surface area contributed by atoms with Crippen molar-refractivity contribution in [2.24, 2.45) is 5.92 Å². The Balaban J connectivity index is 1.37. The molecule has 0 spiro atoms. The van der Waals surface area contributed by atoms with Gasteiger partial charge in [0, 0.05) is 4.88 Å². The number of hydrogen-bond acceptors (Lipinski definition) is 9. The molecule has 4 aromatic rings. The second-order valence-corrected chi connectivity index (χ2v) is 9.12. The molecule has 9 heteroatoms. The van der Waals surface area contributed by atoms with Gasteiger partial charge in [0.05, 0.1) is 23.0 Å². The highest BCUT2D eigenvalue weighted by Gasteiger charge is 2.23. The van der Waals surface area contributed by atoms with E-state index in [4.69, 9.17) is 19.6 Å². The largest absolute Gasteiger partial charge is 0.469 e. The van der Waals surface area contributed by atoms with Gasteiger partial charge in [-0.3, -0.25) is 0 Å². The second kappa shape index (κ2) is 6.89. The molecule has 0 fully saturated rings. The molecule has 144 valence electrons. The van der Waals surface area contributed by atoms with Crippen molar-refractivity contribution >= 4 is 39.1 Å². The number of furan rings is 1. The summed E-state index contributed by atoms with van der Waals surface area (Å²) >= 11 is 3.16. The summed E-state index contributed by atoms with van der Waals surface area (Å²) in [6.45, 7) is 4.16. The molecule has 1 aliphatic rings. The van der Waals surface area contributed by atoms with Crippen LogP contribution >= 0.6 is 23.1 Å². The van der Waals surface area contributed by atoms with Gasteiger partial charge in [0.25, 0.3) is 11.1 Å². The summed E-state index contributed by atoms with van der Waals surface area (Å²) in [5.74, 6) is 3.69. The fourth-order valence-electron chi connectivity index (χ4n) is 3.59. The summed E-state index contributed by atoms with van der Waals surface area (Å²) in [6, 6.07) is 1.81. The molecular weight excluding hydrogens is 394 g/mol. The zero-order chi connectivity index (χ0) is 19.3. The summed E-state index contributed by atoms with van der Waals surface area (Å²) in [6.07, 6.45) is 4.98. The monoisotopic (exact) mass is 413 g/mol. The zero-order valence-corrected chi connectivity index (χ0v) is 17.2. The maximum absolute atomic E-state index is 6.30. The van der Waals surface area contributed by atoms with E-state index in [1.165, 1.54) is 28.6 Å². The lowest BCUT2D eigenvalue weighted by molar-refractivity contribution is 0.463. The maximum Gasteiger partial charge on any atom is 0.277 e. The van der Waals surface area contributed by atoms with Crippen molar-refractivity contribution in [3.63, 3.8) is 0 Å². The number of thioether (sulfide) groups is 1. The van der Waals surface area contributed by atoms with Crippen molar-refractivity contribution in [3.05, 3.63) is 34.4 Å². The molecule has 0 bridgehead atoms. The lowest BCUT2D eigenvalue weighted by atomic mass is 9.89. The Morgan fingerprint density at radius 1 is 1.32 bits per heavy atom. The highest BCUT2D eigenvalue weighted by Crippen LogP contribution is 2.39. The van der Waals surface area contributed by atoms with Crippen LogP contribution < -0.4 is 5.73 Å². The first kappa shape index (κ1) is 17.7. The van der Waals surface area contributed by atoms with Crippen LogP contribution in [0, 0.1) is 12.8 Å². The molecule has 0 saturated heterocycles. The third-order valence-electron chi connectivity index (χ3n) is 5.05. The first-order valence-corrected chi connectivity index (χ1v) is 11.0. The fraction of sp³-hybridized carbons (Fsp3) is 0.368. The van der Waals surface area contributed by atoms with Gasteiger partial charge in [-0.15, -0.1) is 21.5 Å². The van der Waals surface area contributed by atoms with Gasteiger partial charge in [-0.1, -0.05) is 18.7 Å². The smallest absolute Gasteiger partial charge is 0.277 e. The normalized spacial score (nSPS) is 16.6. The lowest BCUT2D eigenvalue weighted by Gasteiger charge is -2.17. The van der Waals surface area contributed by atoms with Crippen molar-refractivity contribution in [2.45, 2.75) is 44.1 Å². The Kier molecular flexibility index (Phi) is 4.36. The number of nitrogens with two attached hydrogens (primary N) is 1. The highest BCUT2D eigenvalue weighted by atomic mass is 32.2.